The first-order chi connectivity index (χ1) is 8.95. The fourth-order valence-corrected chi connectivity index (χ4v) is 1.91. The summed E-state index contributed by atoms with van der Waals surface area (Å²) in [5, 5.41) is 9.68. The lowest BCUT2D eigenvalue weighted by Gasteiger charge is -2.35. The van der Waals surface area contributed by atoms with Crippen LogP contribution in [0.2, 0.25) is 0 Å². The minimum atomic E-state index is -1.73. The zero-order chi connectivity index (χ0) is 14.2. The van der Waals surface area contributed by atoms with E-state index in [1.807, 2.05) is 0 Å². The van der Waals surface area contributed by atoms with Crippen LogP contribution >= 0.6 is 0 Å². The molecule has 1 fully saturated rings. The molecule has 0 radical (unpaired) electrons. The third-order valence-electron chi connectivity index (χ3n) is 3.06. The molecule has 1 aliphatic rings. The molecule has 1 saturated heterocycles. The van der Waals surface area contributed by atoms with Crippen molar-refractivity contribution in [2.45, 2.75) is 38.2 Å². The third-order valence-corrected chi connectivity index (χ3v) is 3.06. The van der Waals surface area contributed by atoms with Crippen molar-refractivity contribution in [3.63, 3.8) is 0 Å². The highest BCUT2D eigenvalue weighted by Gasteiger charge is 2.39. The predicted molar refractivity (Wildman–Crippen MR) is 61.4 cm³/mol. The Morgan fingerprint density at radius 1 is 1.67 bits per heavy atom. The topological polar surface area (TPSA) is 84.3 Å². The Kier molecular flexibility index (Phi) is 3.00. The van der Waals surface area contributed by atoms with Gasteiger partial charge in [-0.15, -0.1) is 0 Å². The Balaban J connectivity index is 2.35. The molecule has 0 spiro atoms. The molecule has 100 valence electrons. The normalized spacial score (nSPS) is 33.2. The first-order valence-corrected chi connectivity index (χ1v) is 5.50. The molecule has 0 aromatic carbocycles. The Hall–Kier alpha value is -1.47. The Morgan fingerprint density at radius 3 is 3.06 bits per heavy atom. The van der Waals surface area contributed by atoms with Crippen LogP contribution in [0.1, 0.15) is 19.9 Å². The van der Waals surface area contributed by atoms with Crippen molar-refractivity contribution in [3.05, 3.63) is 32.6 Å². The van der Waals surface area contributed by atoms with Crippen LogP contribution in [0.15, 0.2) is 15.8 Å². The maximum Gasteiger partial charge on any atom is 0.328 e. The van der Waals surface area contributed by atoms with Crippen molar-refractivity contribution in [2.75, 3.05) is 6.61 Å². The molecule has 1 unspecified atom stereocenters. The highest BCUT2D eigenvalue weighted by atomic mass is 19.1. The number of nitrogens with one attached hydrogen (secondary N) is 1. The molecule has 2 rings (SSSR count). The van der Waals surface area contributed by atoms with Crippen molar-refractivity contribution in [2.24, 2.45) is 0 Å². The number of hydrogen-bond donors (Lipinski definition) is 2. The summed E-state index contributed by atoms with van der Waals surface area (Å²) in [6.45, 7) is 1.11. The van der Waals surface area contributed by atoms with E-state index in [0.29, 0.717) is 0 Å². The number of aliphatic hydroxyl groups is 1. The number of halogens is 1. The number of aryl methyl sites for hydroxylation is 1. The molecule has 1 aromatic heterocycles. The molecular weight excluding hydrogens is 243 g/mol. The molecule has 0 saturated carbocycles. The van der Waals surface area contributed by atoms with Gasteiger partial charge in [-0.3, -0.25) is 14.3 Å². The van der Waals surface area contributed by atoms with Gasteiger partial charge in [-0.25, -0.2) is 9.18 Å². The fraction of sp³-hybridized carbons (Fsp3) is 0.636. The second kappa shape index (κ2) is 4.66. The van der Waals surface area contributed by atoms with E-state index in [9.17, 15) is 19.1 Å². The van der Waals surface area contributed by atoms with E-state index in [1.165, 1.54) is 13.1 Å². The van der Waals surface area contributed by atoms with Crippen LogP contribution in [0.3, 0.4) is 0 Å². The average molecular weight is 259 g/mol. The number of nitrogens with zero attached hydrogens (tertiary/aromatic N) is 1. The molecule has 0 aliphatic carbocycles. The summed E-state index contributed by atoms with van der Waals surface area (Å²) in [4.78, 5) is 25.0. The summed E-state index contributed by atoms with van der Waals surface area (Å²) in [5.41, 5.74) is -1.01. The SMILES string of the molecule is [2H]CC1OC[C@@H](n2cc(C)c(=O)[nH]c2=O)[C@H](F)[C@@H]1O. The van der Waals surface area contributed by atoms with Gasteiger partial charge in [0.05, 0.1) is 18.8 Å². The molecule has 2 N–H and O–H groups in total. The molecule has 0 bridgehead atoms. The largest absolute Gasteiger partial charge is 0.387 e. The van der Waals surface area contributed by atoms with Crippen LogP contribution in [0.25, 0.3) is 0 Å². The molecule has 4 atom stereocenters. The molecule has 0 amide bonds. The quantitative estimate of drug-likeness (QED) is 0.712. The van der Waals surface area contributed by atoms with E-state index in [1.54, 1.807) is 0 Å². The summed E-state index contributed by atoms with van der Waals surface area (Å²) in [7, 11) is 0. The van der Waals surface area contributed by atoms with Gasteiger partial charge >= 0.3 is 5.69 Å². The van der Waals surface area contributed by atoms with Crippen LogP contribution in [0.4, 0.5) is 4.39 Å². The van der Waals surface area contributed by atoms with E-state index in [2.05, 4.69) is 4.98 Å². The highest BCUT2D eigenvalue weighted by molar-refractivity contribution is 5.03. The number of alkyl halides is 1. The number of aromatic amines is 1. The molecule has 6 nitrogen and oxygen atoms in total. The minimum absolute atomic E-state index is 0.132. The highest BCUT2D eigenvalue weighted by Crippen LogP contribution is 2.25. The summed E-state index contributed by atoms with van der Waals surface area (Å²) in [6, 6.07) is -1.01. The number of ether oxygens (including phenoxy) is 1. The number of H-pyrrole nitrogens is 1. The lowest BCUT2D eigenvalue weighted by atomic mass is 10.00. The van der Waals surface area contributed by atoms with Crippen molar-refractivity contribution in [3.8, 4) is 0 Å². The summed E-state index contributed by atoms with van der Waals surface area (Å²) >= 11 is 0. The first kappa shape index (κ1) is 11.6. The van der Waals surface area contributed by atoms with Gasteiger partial charge in [-0.05, 0) is 13.8 Å². The van der Waals surface area contributed by atoms with Crippen LogP contribution < -0.4 is 11.2 Å². The zero-order valence-corrected chi connectivity index (χ0v) is 9.80. The van der Waals surface area contributed by atoms with E-state index in [0.717, 1.165) is 4.57 Å². The third kappa shape index (κ3) is 2.11. The van der Waals surface area contributed by atoms with Crippen molar-refractivity contribution >= 4 is 0 Å². The fourth-order valence-electron chi connectivity index (χ4n) is 1.91. The van der Waals surface area contributed by atoms with Gasteiger partial charge in [0.1, 0.15) is 6.10 Å². The van der Waals surface area contributed by atoms with Gasteiger partial charge in [-0.2, -0.15) is 0 Å². The molecule has 1 aliphatic heterocycles. The Bertz CT molecular complexity index is 573. The first-order valence-electron chi connectivity index (χ1n) is 6.21. The summed E-state index contributed by atoms with van der Waals surface area (Å²) in [6.07, 6.45) is -2.84. The second-order valence-corrected chi connectivity index (χ2v) is 4.35. The average Bonchev–Trinajstić information content (AvgIpc) is 2.37. The van der Waals surface area contributed by atoms with E-state index >= 15 is 0 Å². The van der Waals surface area contributed by atoms with E-state index < -0.39 is 35.7 Å². The van der Waals surface area contributed by atoms with Crippen LogP contribution in [0.5, 0.6) is 0 Å². The van der Waals surface area contributed by atoms with Gasteiger partial charge < -0.3 is 9.84 Å². The maximum absolute atomic E-state index is 14.1. The summed E-state index contributed by atoms with van der Waals surface area (Å²) in [5.74, 6) is 0. The van der Waals surface area contributed by atoms with Crippen LogP contribution in [0, 0.1) is 6.92 Å². The van der Waals surface area contributed by atoms with Gasteiger partial charge in [-0.1, -0.05) is 0 Å². The van der Waals surface area contributed by atoms with Gasteiger partial charge in [0.25, 0.3) is 5.56 Å². The Labute approximate surface area is 103 Å². The van der Waals surface area contributed by atoms with Gasteiger partial charge in [0.15, 0.2) is 6.17 Å². The number of aromatic nitrogens is 2. The second-order valence-electron chi connectivity index (χ2n) is 4.35. The summed E-state index contributed by atoms with van der Waals surface area (Å²) < 4.78 is 27.4. The standard InChI is InChI=1S/C11H15FN2O4/c1-5-3-14(11(17)13-10(5)16)7-4-18-6(2)9(15)8(7)12/h3,6-9,15H,4H2,1-2H3,(H,13,16,17)/t6?,7-,8+,9-/m1/s1/i2D. The van der Waals surface area contributed by atoms with E-state index in [-0.39, 0.29) is 19.1 Å². The maximum atomic E-state index is 14.1. The molecule has 1 aromatic rings. The van der Waals surface area contributed by atoms with Crippen LogP contribution in [-0.4, -0.2) is 39.6 Å². The number of hydrogen-bond acceptors (Lipinski definition) is 4. The molecule has 18 heavy (non-hydrogen) atoms. The van der Waals surface area contributed by atoms with Crippen LogP contribution in [-0.2, 0) is 4.74 Å². The van der Waals surface area contributed by atoms with E-state index in [4.69, 9.17) is 6.11 Å². The lowest BCUT2D eigenvalue weighted by molar-refractivity contribution is -0.128. The number of rotatable bonds is 1. The smallest absolute Gasteiger partial charge is 0.328 e. The minimum Gasteiger partial charge on any atom is -0.387 e. The Morgan fingerprint density at radius 2 is 2.39 bits per heavy atom. The van der Waals surface area contributed by atoms with Crippen molar-refractivity contribution < 1.29 is 15.6 Å². The predicted octanol–water partition coefficient (Wildman–Crippen LogP) is -0.496. The van der Waals surface area contributed by atoms with Crippen molar-refractivity contribution in [1.82, 2.24) is 9.55 Å². The van der Waals surface area contributed by atoms with Gasteiger partial charge in [0, 0.05) is 13.1 Å². The molecule has 7 heteroatoms. The van der Waals surface area contributed by atoms with Crippen molar-refractivity contribution in [1.29, 1.82) is 0 Å². The monoisotopic (exact) mass is 259 g/mol. The molecular formula is C11H15FN2O4. The number of aliphatic hydroxyl groups excluding tert-OH is 1. The zero-order valence-electron chi connectivity index (χ0n) is 10.8. The van der Waals surface area contributed by atoms with Gasteiger partial charge in [0.2, 0.25) is 0 Å². The lowest BCUT2D eigenvalue weighted by Crippen LogP contribution is -2.50. The molecule has 2 heterocycles.